The minimum absolute atomic E-state index is 0.285. The Morgan fingerprint density at radius 1 is 1.44 bits per heavy atom. The third kappa shape index (κ3) is 2.14. The minimum atomic E-state index is -0.285. The zero-order chi connectivity index (χ0) is 11.5. The molecule has 1 N–H and O–H groups in total. The maximum atomic E-state index is 10.6. The Labute approximate surface area is 94.3 Å². The number of aromatic nitrogens is 1. The molecule has 3 heteroatoms. The van der Waals surface area contributed by atoms with E-state index in [0.717, 1.165) is 30.2 Å². The van der Waals surface area contributed by atoms with Crippen LogP contribution < -0.4 is 0 Å². The Balaban J connectivity index is 2.30. The van der Waals surface area contributed by atoms with Crippen molar-refractivity contribution in [3.63, 3.8) is 0 Å². The summed E-state index contributed by atoms with van der Waals surface area (Å²) in [6.45, 7) is 2.58. The number of nitrogens with zero attached hydrogens (tertiary/aromatic N) is 1. The quantitative estimate of drug-likeness (QED) is 0.798. The predicted molar refractivity (Wildman–Crippen MR) is 63.6 cm³/mol. The van der Waals surface area contributed by atoms with E-state index >= 15 is 0 Å². The van der Waals surface area contributed by atoms with E-state index in [9.17, 15) is 9.90 Å². The molecule has 0 bridgehead atoms. The molecule has 0 aliphatic rings. The molecule has 1 heterocycles. The summed E-state index contributed by atoms with van der Waals surface area (Å²) in [7, 11) is 0. The molecule has 0 saturated heterocycles. The molecule has 1 aromatic heterocycles. The average Bonchev–Trinajstić information content (AvgIpc) is 2.68. The maximum absolute atomic E-state index is 10.6. The van der Waals surface area contributed by atoms with E-state index in [0.29, 0.717) is 5.56 Å². The van der Waals surface area contributed by atoms with Crippen LogP contribution in [0.3, 0.4) is 0 Å². The topological polar surface area (TPSA) is 42.2 Å². The summed E-state index contributed by atoms with van der Waals surface area (Å²) in [5, 5.41) is 10.3. The number of hydrogen-bond acceptors (Lipinski definition) is 2. The summed E-state index contributed by atoms with van der Waals surface area (Å²) in [4.78, 5) is 10.6. The lowest BCUT2D eigenvalue weighted by atomic mass is 10.2. The minimum Gasteiger partial charge on any atom is -0.393 e. The van der Waals surface area contributed by atoms with Crippen molar-refractivity contribution in [2.45, 2.75) is 26.0 Å². The van der Waals surface area contributed by atoms with Crippen molar-refractivity contribution >= 4 is 17.2 Å². The van der Waals surface area contributed by atoms with Gasteiger partial charge in [0.1, 0.15) is 6.29 Å². The van der Waals surface area contributed by atoms with Crippen molar-refractivity contribution in [2.24, 2.45) is 0 Å². The van der Waals surface area contributed by atoms with Gasteiger partial charge in [0.15, 0.2) is 0 Å². The number of carbonyl (C=O) groups is 1. The second-order valence-electron chi connectivity index (χ2n) is 4.08. The molecule has 2 aromatic rings. The molecule has 0 aliphatic carbocycles. The number of hydrogen-bond donors (Lipinski definition) is 1. The van der Waals surface area contributed by atoms with Gasteiger partial charge in [-0.25, -0.2) is 0 Å². The largest absolute Gasteiger partial charge is 0.393 e. The number of fused-ring (bicyclic) bond motifs is 1. The van der Waals surface area contributed by atoms with E-state index in [2.05, 4.69) is 4.57 Å². The number of aldehydes is 1. The normalized spacial score (nSPS) is 12.9. The third-order valence-corrected chi connectivity index (χ3v) is 2.72. The first-order valence-corrected chi connectivity index (χ1v) is 5.43. The summed E-state index contributed by atoms with van der Waals surface area (Å²) in [6, 6.07) is 7.63. The van der Waals surface area contributed by atoms with Crippen molar-refractivity contribution in [1.82, 2.24) is 4.57 Å². The van der Waals surface area contributed by atoms with Gasteiger partial charge in [-0.05, 0) is 37.6 Å². The van der Waals surface area contributed by atoms with Crippen LogP contribution in [0.15, 0.2) is 30.5 Å². The maximum Gasteiger partial charge on any atom is 0.150 e. The summed E-state index contributed by atoms with van der Waals surface area (Å²) in [5.74, 6) is 0. The average molecular weight is 217 g/mol. The number of rotatable bonds is 4. The first kappa shape index (κ1) is 10.9. The highest BCUT2D eigenvalue weighted by Gasteiger charge is 2.03. The zero-order valence-electron chi connectivity index (χ0n) is 9.26. The summed E-state index contributed by atoms with van der Waals surface area (Å²) in [5.41, 5.74) is 1.80. The van der Waals surface area contributed by atoms with Gasteiger partial charge in [-0.15, -0.1) is 0 Å². The van der Waals surface area contributed by atoms with Crippen LogP contribution in [0.4, 0.5) is 0 Å². The van der Waals surface area contributed by atoms with Crippen LogP contribution in [0.2, 0.25) is 0 Å². The van der Waals surface area contributed by atoms with E-state index in [1.165, 1.54) is 0 Å². The van der Waals surface area contributed by atoms with Gasteiger partial charge in [0.2, 0.25) is 0 Å². The predicted octanol–water partition coefficient (Wildman–Crippen LogP) is 2.22. The lowest BCUT2D eigenvalue weighted by Crippen LogP contribution is -2.05. The van der Waals surface area contributed by atoms with E-state index in [1.54, 1.807) is 6.92 Å². The molecule has 3 nitrogen and oxygen atoms in total. The van der Waals surface area contributed by atoms with Gasteiger partial charge in [-0.1, -0.05) is 0 Å². The Morgan fingerprint density at radius 3 is 2.94 bits per heavy atom. The fraction of sp³-hybridized carbons (Fsp3) is 0.308. The van der Waals surface area contributed by atoms with Crippen molar-refractivity contribution in [2.75, 3.05) is 0 Å². The van der Waals surface area contributed by atoms with Crippen LogP contribution in [0.25, 0.3) is 10.9 Å². The van der Waals surface area contributed by atoms with Gasteiger partial charge >= 0.3 is 0 Å². The molecule has 0 fully saturated rings. The highest BCUT2D eigenvalue weighted by molar-refractivity contribution is 5.87. The Morgan fingerprint density at radius 2 is 2.25 bits per heavy atom. The van der Waals surface area contributed by atoms with Crippen molar-refractivity contribution in [3.8, 4) is 0 Å². The van der Waals surface area contributed by atoms with Crippen LogP contribution in [-0.2, 0) is 6.54 Å². The summed E-state index contributed by atoms with van der Waals surface area (Å²) >= 11 is 0. The molecule has 1 atom stereocenters. The fourth-order valence-corrected chi connectivity index (χ4v) is 1.81. The van der Waals surface area contributed by atoms with Crippen molar-refractivity contribution in [3.05, 3.63) is 36.0 Å². The molecule has 0 amide bonds. The number of benzene rings is 1. The molecule has 0 saturated carbocycles. The second kappa shape index (κ2) is 4.49. The van der Waals surface area contributed by atoms with Gasteiger partial charge < -0.3 is 9.67 Å². The number of aliphatic hydroxyl groups excluding tert-OH is 1. The first-order valence-electron chi connectivity index (χ1n) is 5.43. The lowest BCUT2D eigenvalue weighted by molar-refractivity contribution is 0.112. The molecular weight excluding hydrogens is 202 g/mol. The van der Waals surface area contributed by atoms with Crippen LogP contribution >= 0.6 is 0 Å². The SMILES string of the molecule is CC(O)CCn1ccc2cc(C=O)ccc21. The van der Waals surface area contributed by atoms with Crippen LogP contribution in [-0.4, -0.2) is 22.1 Å². The lowest BCUT2D eigenvalue weighted by Gasteiger charge is -2.07. The standard InChI is InChI=1S/C13H15NO2/c1-10(16)4-6-14-7-5-12-8-11(9-15)2-3-13(12)14/h2-3,5,7-10,16H,4,6H2,1H3. The highest BCUT2D eigenvalue weighted by atomic mass is 16.3. The van der Waals surface area contributed by atoms with Gasteiger partial charge in [-0.3, -0.25) is 4.79 Å². The van der Waals surface area contributed by atoms with E-state index in [1.807, 2.05) is 30.5 Å². The molecule has 0 aliphatic heterocycles. The number of aryl methyl sites for hydroxylation is 1. The molecule has 1 aromatic carbocycles. The first-order chi connectivity index (χ1) is 7.70. The number of carbonyl (C=O) groups excluding carboxylic acids is 1. The van der Waals surface area contributed by atoms with Gasteiger partial charge in [0.25, 0.3) is 0 Å². The molecular formula is C13H15NO2. The van der Waals surface area contributed by atoms with Crippen molar-refractivity contribution < 1.29 is 9.90 Å². The Hall–Kier alpha value is -1.61. The molecule has 84 valence electrons. The second-order valence-corrected chi connectivity index (χ2v) is 4.08. The highest BCUT2D eigenvalue weighted by Crippen LogP contribution is 2.17. The Bertz CT molecular complexity index is 500. The molecule has 2 rings (SSSR count). The van der Waals surface area contributed by atoms with Crippen molar-refractivity contribution in [1.29, 1.82) is 0 Å². The van der Waals surface area contributed by atoms with Gasteiger partial charge in [-0.2, -0.15) is 0 Å². The summed E-state index contributed by atoms with van der Waals surface area (Å²) < 4.78 is 2.09. The van der Waals surface area contributed by atoms with E-state index in [4.69, 9.17) is 0 Å². The molecule has 0 spiro atoms. The van der Waals surface area contributed by atoms with Crippen LogP contribution in [0.5, 0.6) is 0 Å². The van der Waals surface area contributed by atoms with Crippen LogP contribution in [0.1, 0.15) is 23.7 Å². The third-order valence-electron chi connectivity index (χ3n) is 2.72. The van der Waals surface area contributed by atoms with E-state index in [-0.39, 0.29) is 6.10 Å². The van der Waals surface area contributed by atoms with Gasteiger partial charge in [0, 0.05) is 29.2 Å². The molecule has 0 radical (unpaired) electrons. The van der Waals surface area contributed by atoms with E-state index < -0.39 is 0 Å². The fourth-order valence-electron chi connectivity index (χ4n) is 1.81. The number of aliphatic hydroxyl groups is 1. The smallest absolute Gasteiger partial charge is 0.150 e. The molecule has 1 unspecified atom stereocenters. The monoisotopic (exact) mass is 217 g/mol. The summed E-state index contributed by atoms with van der Waals surface area (Å²) in [6.07, 6.45) is 3.29. The van der Waals surface area contributed by atoms with Gasteiger partial charge in [0.05, 0.1) is 6.10 Å². The van der Waals surface area contributed by atoms with Crippen LogP contribution in [0, 0.1) is 0 Å². The Kier molecular flexibility index (Phi) is 3.06. The zero-order valence-corrected chi connectivity index (χ0v) is 9.26. The molecule has 16 heavy (non-hydrogen) atoms.